The smallest absolute Gasteiger partial charge is 0.272 e. The van der Waals surface area contributed by atoms with Crippen LogP contribution in [0.2, 0.25) is 0 Å². The molecule has 2 aromatic heterocycles. The maximum absolute atomic E-state index is 13.3. The first kappa shape index (κ1) is 19.6. The SMILES string of the molecule is CCc1cccc(C)c1NC(=O)c1cc(C(=O)c2ccccc2)c2cc(C)ccn12. The normalized spacial score (nSPS) is 10.9. The highest BCUT2D eigenvalue weighted by Crippen LogP contribution is 2.25. The Balaban J connectivity index is 1.81. The van der Waals surface area contributed by atoms with Gasteiger partial charge >= 0.3 is 0 Å². The number of para-hydroxylation sites is 1. The minimum atomic E-state index is -0.232. The van der Waals surface area contributed by atoms with Crippen molar-refractivity contribution in [2.24, 2.45) is 0 Å². The van der Waals surface area contributed by atoms with Gasteiger partial charge in [0.25, 0.3) is 5.91 Å². The van der Waals surface area contributed by atoms with Gasteiger partial charge in [-0.2, -0.15) is 0 Å². The Morgan fingerprint density at radius 1 is 0.933 bits per heavy atom. The Morgan fingerprint density at radius 2 is 1.70 bits per heavy atom. The van der Waals surface area contributed by atoms with Gasteiger partial charge in [-0.3, -0.25) is 9.59 Å². The number of rotatable bonds is 5. The molecule has 0 aliphatic heterocycles. The number of anilines is 1. The summed E-state index contributed by atoms with van der Waals surface area (Å²) in [5.41, 5.74) is 6.26. The van der Waals surface area contributed by atoms with E-state index in [4.69, 9.17) is 0 Å². The van der Waals surface area contributed by atoms with Crippen LogP contribution in [0.1, 0.15) is 50.0 Å². The summed E-state index contributed by atoms with van der Waals surface area (Å²) in [6, 6.07) is 20.7. The van der Waals surface area contributed by atoms with E-state index >= 15 is 0 Å². The van der Waals surface area contributed by atoms with E-state index in [0.29, 0.717) is 16.8 Å². The van der Waals surface area contributed by atoms with E-state index in [2.05, 4.69) is 12.2 Å². The highest BCUT2D eigenvalue weighted by molar-refractivity contribution is 6.16. The first-order valence-corrected chi connectivity index (χ1v) is 10.1. The Bertz CT molecular complexity index is 1250. The van der Waals surface area contributed by atoms with Crippen LogP contribution < -0.4 is 5.32 Å². The zero-order valence-corrected chi connectivity index (χ0v) is 17.4. The molecule has 0 aliphatic carbocycles. The summed E-state index contributed by atoms with van der Waals surface area (Å²) < 4.78 is 1.79. The highest BCUT2D eigenvalue weighted by atomic mass is 16.2. The van der Waals surface area contributed by atoms with Crippen LogP contribution in [0.25, 0.3) is 5.52 Å². The minimum Gasteiger partial charge on any atom is -0.320 e. The van der Waals surface area contributed by atoms with Gasteiger partial charge in [0.15, 0.2) is 5.78 Å². The third kappa shape index (κ3) is 3.52. The number of ketones is 1. The monoisotopic (exact) mass is 396 g/mol. The number of hydrogen-bond acceptors (Lipinski definition) is 2. The Labute approximate surface area is 176 Å². The molecule has 0 bridgehead atoms. The molecule has 0 unspecified atom stereocenters. The van der Waals surface area contributed by atoms with Crippen LogP contribution in [0.3, 0.4) is 0 Å². The van der Waals surface area contributed by atoms with Crippen molar-refractivity contribution in [1.82, 2.24) is 4.40 Å². The molecular formula is C26H24N2O2. The number of carbonyl (C=O) groups is 2. The van der Waals surface area contributed by atoms with Gasteiger partial charge in [0.05, 0.1) is 5.52 Å². The largest absolute Gasteiger partial charge is 0.320 e. The average molecular weight is 396 g/mol. The summed E-state index contributed by atoms with van der Waals surface area (Å²) in [6.45, 7) is 6.03. The van der Waals surface area contributed by atoms with E-state index in [1.54, 1.807) is 22.6 Å². The molecule has 4 aromatic rings. The molecule has 2 heterocycles. The van der Waals surface area contributed by atoms with Crippen molar-refractivity contribution in [3.8, 4) is 0 Å². The second kappa shape index (κ2) is 7.99. The fraction of sp³-hybridized carbons (Fsp3) is 0.154. The van der Waals surface area contributed by atoms with Crippen LogP contribution in [0, 0.1) is 13.8 Å². The predicted molar refractivity (Wildman–Crippen MR) is 121 cm³/mol. The van der Waals surface area contributed by atoms with Crippen molar-refractivity contribution in [3.63, 3.8) is 0 Å². The van der Waals surface area contributed by atoms with Crippen molar-refractivity contribution in [3.05, 3.63) is 106 Å². The van der Waals surface area contributed by atoms with Crippen molar-refractivity contribution in [2.45, 2.75) is 27.2 Å². The molecule has 4 rings (SSSR count). The number of amides is 1. The number of aryl methyl sites for hydroxylation is 3. The van der Waals surface area contributed by atoms with Gasteiger partial charge in [0, 0.05) is 23.0 Å². The van der Waals surface area contributed by atoms with E-state index < -0.39 is 0 Å². The van der Waals surface area contributed by atoms with Gasteiger partial charge in [-0.25, -0.2) is 0 Å². The summed E-state index contributed by atoms with van der Waals surface area (Å²) in [7, 11) is 0. The third-order valence-electron chi connectivity index (χ3n) is 5.42. The molecule has 150 valence electrons. The quantitative estimate of drug-likeness (QED) is 0.446. The number of fused-ring (bicyclic) bond motifs is 1. The molecule has 30 heavy (non-hydrogen) atoms. The number of hydrogen-bond donors (Lipinski definition) is 1. The summed E-state index contributed by atoms with van der Waals surface area (Å²) in [6.07, 6.45) is 2.67. The maximum Gasteiger partial charge on any atom is 0.272 e. The molecule has 0 saturated carbocycles. The first-order chi connectivity index (χ1) is 14.5. The van der Waals surface area contributed by atoms with Crippen LogP contribution in [0.5, 0.6) is 0 Å². The average Bonchev–Trinajstić information content (AvgIpc) is 3.14. The van der Waals surface area contributed by atoms with E-state index in [0.717, 1.165) is 34.3 Å². The Kier molecular flexibility index (Phi) is 5.23. The molecule has 4 nitrogen and oxygen atoms in total. The van der Waals surface area contributed by atoms with E-state index in [-0.39, 0.29) is 11.7 Å². The molecule has 4 heteroatoms. The van der Waals surface area contributed by atoms with Crippen LogP contribution in [0.15, 0.2) is 72.9 Å². The molecular weight excluding hydrogens is 372 g/mol. The van der Waals surface area contributed by atoms with Gasteiger partial charge in [0.2, 0.25) is 0 Å². The second-order valence-corrected chi connectivity index (χ2v) is 7.51. The zero-order valence-electron chi connectivity index (χ0n) is 17.4. The van der Waals surface area contributed by atoms with Crippen LogP contribution >= 0.6 is 0 Å². The van der Waals surface area contributed by atoms with Gasteiger partial charge < -0.3 is 9.72 Å². The van der Waals surface area contributed by atoms with Crippen molar-refractivity contribution in [1.29, 1.82) is 0 Å². The van der Waals surface area contributed by atoms with E-state index in [9.17, 15) is 9.59 Å². The lowest BCUT2D eigenvalue weighted by molar-refractivity contribution is 0.102. The lowest BCUT2D eigenvalue weighted by Crippen LogP contribution is -2.16. The minimum absolute atomic E-state index is 0.0945. The summed E-state index contributed by atoms with van der Waals surface area (Å²) in [5, 5.41) is 3.07. The predicted octanol–water partition coefficient (Wildman–Crippen LogP) is 5.60. The lowest BCUT2D eigenvalue weighted by Gasteiger charge is -2.13. The van der Waals surface area contributed by atoms with Crippen LogP contribution in [-0.4, -0.2) is 16.1 Å². The van der Waals surface area contributed by atoms with E-state index in [1.807, 2.05) is 68.6 Å². The summed E-state index contributed by atoms with van der Waals surface area (Å²) >= 11 is 0. The van der Waals surface area contributed by atoms with Gasteiger partial charge in [-0.05, 0) is 55.2 Å². The van der Waals surface area contributed by atoms with Crippen LogP contribution in [-0.2, 0) is 6.42 Å². The molecule has 1 amide bonds. The molecule has 0 spiro atoms. The number of pyridine rings is 1. The number of nitrogens with zero attached hydrogens (tertiary/aromatic N) is 1. The molecule has 0 aliphatic rings. The Morgan fingerprint density at radius 3 is 2.43 bits per heavy atom. The number of aromatic nitrogens is 1. The van der Waals surface area contributed by atoms with Crippen molar-refractivity contribution >= 4 is 22.9 Å². The van der Waals surface area contributed by atoms with Crippen molar-refractivity contribution < 1.29 is 9.59 Å². The highest BCUT2D eigenvalue weighted by Gasteiger charge is 2.21. The fourth-order valence-corrected chi connectivity index (χ4v) is 3.78. The zero-order chi connectivity index (χ0) is 21.3. The second-order valence-electron chi connectivity index (χ2n) is 7.51. The standard InChI is InChI=1S/C26H24N2O2/c1-4-19-12-8-9-18(3)24(19)27-26(30)23-16-21(22-15-17(2)13-14-28(22)23)25(29)20-10-6-5-7-11-20/h5-16H,4H2,1-3H3,(H,27,30). The molecule has 2 aromatic carbocycles. The maximum atomic E-state index is 13.3. The fourth-order valence-electron chi connectivity index (χ4n) is 3.78. The number of benzene rings is 2. The lowest BCUT2D eigenvalue weighted by atomic mass is 10.0. The van der Waals surface area contributed by atoms with Gasteiger partial charge in [0.1, 0.15) is 5.69 Å². The van der Waals surface area contributed by atoms with Crippen molar-refractivity contribution in [2.75, 3.05) is 5.32 Å². The van der Waals surface area contributed by atoms with Crippen LogP contribution in [0.4, 0.5) is 5.69 Å². The molecule has 0 fully saturated rings. The van der Waals surface area contributed by atoms with Gasteiger partial charge in [-0.15, -0.1) is 0 Å². The summed E-state index contributed by atoms with van der Waals surface area (Å²) in [5.74, 6) is -0.326. The molecule has 1 N–H and O–H groups in total. The Hall–Kier alpha value is -3.66. The van der Waals surface area contributed by atoms with E-state index in [1.165, 1.54) is 0 Å². The van der Waals surface area contributed by atoms with Gasteiger partial charge in [-0.1, -0.05) is 55.5 Å². The topological polar surface area (TPSA) is 50.6 Å². The molecule has 0 atom stereocenters. The molecule has 0 saturated heterocycles. The first-order valence-electron chi connectivity index (χ1n) is 10.1. The molecule has 0 radical (unpaired) electrons. The summed E-state index contributed by atoms with van der Waals surface area (Å²) in [4.78, 5) is 26.4. The number of carbonyl (C=O) groups excluding carboxylic acids is 2. The third-order valence-corrected chi connectivity index (χ3v) is 5.42. The number of nitrogens with one attached hydrogen (secondary N) is 1.